The van der Waals surface area contributed by atoms with Crippen LogP contribution in [0.4, 0.5) is 24.7 Å². The Balaban J connectivity index is 1.69. The number of rotatable bonds is 3. The lowest BCUT2D eigenvalue weighted by Crippen LogP contribution is -2.10. The number of pyridine rings is 1. The number of nitrogen functional groups attached to an aromatic ring is 1. The van der Waals surface area contributed by atoms with Gasteiger partial charge >= 0.3 is 6.18 Å². The molecule has 148 valence electrons. The second-order valence-electron chi connectivity index (χ2n) is 6.18. The van der Waals surface area contributed by atoms with Crippen molar-refractivity contribution in [2.24, 2.45) is 0 Å². The van der Waals surface area contributed by atoms with Crippen LogP contribution in [0.3, 0.4) is 0 Å². The molecule has 0 bridgehead atoms. The van der Waals surface area contributed by atoms with E-state index in [0.29, 0.717) is 21.3 Å². The molecule has 0 fully saturated rings. The van der Waals surface area contributed by atoms with Gasteiger partial charge in [0, 0.05) is 29.9 Å². The number of nitrogens with zero attached hydrogens (tertiary/aromatic N) is 4. The zero-order valence-electron chi connectivity index (χ0n) is 14.9. The number of carbonyl (C=O) groups is 1. The van der Waals surface area contributed by atoms with Gasteiger partial charge in [-0.25, -0.2) is 14.5 Å². The normalized spacial score (nSPS) is 11.7. The number of nitrogens with one attached hydrogen (secondary N) is 1. The summed E-state index contributed by atoms with van der Waals surface area (Å²) in [6.07, 6.45) is -1.83. The molecule has 3 aromatic heterocycles. The van der Waals surface area contributed by atoms with E-state index < -0.39 is 17.6 Å². The summed E-state index contributed by atoms with van der Waals surface area (Å²) in [4.78, 5) is 19.7. The van der Waals surface area contributed by atoms with Crippen LogP contribution in [-0.2, 0) is 11.0 Å². The Morgan fingerprint density at radius 1 is 1.24 bits per heavy atom. The summed E-state index contributed by atoms with van der Waals surface area (Å²) < 4.78 is 40.7. The van der Waals surface area contributed by atoms with Crippen molar-refractivity contribution in [1.29, 1.82) is 0 Å². The molecule has 1 amide bonds. The van der Waals surface area contributed by atoms with Crippen LogP contribution in [0.15, 0.2) is 42.7 Å². The molecule has 0 aliphatic rings. The first-order valence-electron chi connectivity index (χ1n) is 8.28. The van der Waals surface area contributed by atoms with Crippen molar-refractivity contribution in [2.75, 3.05) is 11.1 Å². The highest BCUT2D eigenvalue weighted by atomic mass is 32.1. The summed E-state index contributed by atoms with van der Waals surface area (Å²) >= 11 is 1.27. The number of benzene rings is 1. The minimum absolute atomic E-state index is 0.184. The molecular weight excluding hydrogens is 405 g/mol. The number of nitrogens with two attached hydrogens (primary N) is 1. The van der Waals surface area contributed by atoms with Gasteiger partial charge in [0.1, 0.15) is 10.8 Å². The number of aromatic nitrogens is 4. The Morgan fingerprint density at radius 2 is 2.03 bits per heavy atom. The van der Waals surface area contributed by atoms with E-state index in [9.17, 15) is 18.0 Å². The van der Waals surface area contributed by atoms with Crippen molar-refractivity contribution in [3.05, 3.63) is 48.3 Å². The summed E-state index contributed by atoms with van der Waals surface area (Å²) in [5.74, 6) is -0.766. The summed E-state index contributed by atoms with van der Waals surface area (Å²) in [6, 6.07) is 8.08. The molecule has 0 spiro atoms. The van der Waals surface area contributed by atoms with Crippen LogP contribution >= 0.6 is 11.3 Å². The molecule has 3 N–H and O–H groups in total. The summed E-state index contributed by atoms with van der Waals surface area (Å²) in [7, 11) is 0. The molecule has 0 aliphatic heterocycles. The lowest BCUT2D eigenvalue weighted by Gasteiger charge is -2.09. The zero-order valence-corrected chi connectivity index (χ0v) is 15.7. The number of halogens is 3. The molecule has 4 aromatic rings. The van der Waals surface area contributed by atoms with Crippen molar-refractivity contribution in [3.63, 3.8) is 0 Å². The van der Waals surface area contributed by atoms with Gasteiger partial charge in [0.2, 0.25) is 10.9 Å². The Morgan fingerprint density at radius 3 is 2.72 bits per heavy atom. The molecule has 0 aliphatic carbocycles. The zero-order chi connectivity index (χ0) is 20.8. The summed E-state index contributed by atoms with van der Waals surface area (Å²) in [5, 5.41) is 7.78. The van der Waals surface area contributed by atoms with Gasteiger partial charge in [-0.15, -0.1) is 0 Å². The standard InChI is InChI=1S/C18H13F3N6OS/c1-9(28)24-12-4-2-3-10(5-12)16-26-27-8-14(25-17(27)29-16)11-6-13(18(19,20)21)15(22)23-7-11/h2-8H,1H3,(H2,22,23)(H,24,28). The number of anilines is 2. The van der Waals surface area contributed by atoms with Gasteiger partial charge in [-0.2, -0.15) is 18.3 Å². The fourth-order valence-corrected chi connectivity index (χ4v) is 3.61. The minimum atomic E-state index is -4.60. The van der Waals surface area contributed by atoms with E-state index in [1.54, 1.807) is 18.2 Å². The first-order chi connectivity index (χ1) is 13.7. The van der Waals surface area contributed by atoms with Crippen LogP contribution in [0.5, 0.6) is 0 Å². The van der Waals surface area contributed by atoms with Crippen molar-refractivity contribution in [1.82, 2.24) is 19.6 Å². The van der Waals surface area contributed by atoms with Crippen LogP contribution in [0.1, 0.15) is 12.5 Å². The maximum absolute atomic E-state index is 13.1. The molecule has 1 aromatic carbocycles. The molecule has 0 atom stereocenters. The minimum Gasteiger partial charge on any atom is -0.383 e. The molecule has 4 rings (SSSR count). The van der Waals surface area contributed by atoms with Gasteiger partial charge in [-0.1, -0.05) is 23.5 Å². The lowest BCUT2D eigenvalue weighted by molar-refractivity contribution is -0.137. The smallest absolute Gasteiger partial charge is 0.383 e. The van der Waals surface area contributed by atoms with E-state index in [1.165, 1.54) is 35.2 Å². The highest BCUT2D eigenvalue weighted by molar-refractivity contribution is 7.19. The fraction of sp³-hybridized carbons (Fsp3) is 0.111. The monoisotopic (exact) mass is 418 g/mol. The fourth-order valence-electron chi connectivity index (χ4n) is 2.73. The first-order valence-corrected chi connectivity index (χ1v) is 9.09. The Kier molecular flexibility index (Phi) is 4.46. The molecule has 11 heteroatoms. The van der Waals surface area contributed by atoms with Gasteiger partial charge in [0.05, 0.1) is 17.5 Å². The van der Waals surface area contributed by atoms with Crippen molar-refractivity contribution >= 4 is 33.7 Å². The largest absolute Gasteiger partial charge is 0.419 e. The highest BCUT2D eigenvalue weighted by Crippen LogP contribution is 2.35. The van der Waals surface area contributed by atoms with Gasteiger partial charge < -0.3 is 11.1 Å². The van der Waals surface area contributed by atoms with Crippen molar-refractivity contribution in [3.8, 4) is 21.8 Å². The number of imidazole rings is 1. The van der Waals surface area contributed by atoms with E-state index in [2.05, 4.69) is 20.4 Å². The van der Waals surface area contributed by atoms with Gasteiger partial charge in [-0.3, -0.25) is 4.79 Å². The van der Waals surface area contributed by atoms with Crippen molar-refractivity contribution < 1.29 is 18.0 Å². The second-order valence-corrected chi connectivity index (χ2v) is 7.13. The SMILES string of the molecule is CC(=O)Nc1cccc(-c2nn3cc(-c4cnc(N)c(C(F)(F)F)c4)nc3s2)c1. The highest BCUT2D eigenvalue weighted by Gasteiger charge is 2.34. The van der Waals surface area contributed by atoms with E-state index >= 15 is 0 Å². The third kappa shape index (κ3) is 3.76. The van der Waals surface area contributed by atoms with Crippen molar-refractivity contribution in [2.45, 2.75) is 13.1 Å². The number of hydrogen-bond acceptors (Lipinski definition) is 6. The first kappa shape index (κ1) is 18.9. The van der Waals surface area contributed by atoms with Crippen LogP contribution in [0.2, 0.25) is 0 Å². The average Bonchev–Trinajstić information content (AvgIpc) is 3.20. The quantitative estimate of drug-likeness (QED) is 0.522. The summed E-state index contributed by atoms with van der Waals surface area (Å²) in [6.45, 7) is 1.42. The summed E-state index contributed by atoms with van der Waals surface area (Å²) in [5.41, 5.74) is 6.25. The predicted octanol–water partition coefficient (Wildman–Crippen LogP) is 4.08. The van der Waals surface area contributed by atoms with E-state index in [-0.39, 0.29) is 11.5 Å². The molecule has 0 radical (unpaired) electrons. The maximum Gasteiger partial charge on any atom is 0.419 e. The molecular formula is C18H13F3N6OS. The predicted molar refractivity (Wildman–Crippen MR) is 103 cm³/mol. The Bertz CT molecular complexity index is 1200. The Hall–Kier alpha value is -3.47. The number of fused-ring (bicyclic) bond motifs is 1. The third-order valence-electron chi connectivity index (χ3n) is 3.99. The molecule has 0 saturated heterocycles. The molecule has 0 saturated carbocycles. The average molecular weight is 418 g/mol. The van der Waals surface area contributed by atoms with Crippen LogP contribution in [0.25, 0.3) is 26.8 Å². The van der Waals surface area contributed by atoms with E-state index in [0.717, 1.165) is 11.6 Å². The van der Waals surface area contributed by atoms with Gasteiger partial charge in [0.25, 0.3) is 0 Å². The van der Waals surface area contributed by atoms with Crippen LogP contribution in [0, 0.1) is 0 Å². The number of carbonyl (C=O) groups excluding carboxylic acids is 1. The lowest BCUT2D eigenvalue weighted by atomic mass is 10.1. The third-order valence-corrected chi connectivity index (χ3v) is 4.96. The van der Waals surface area contributed by atoms with Crippen LogP contribution in [-0.4, -0.2) is 25.5 Å². The van der Waals surface area contributed by atoms with Gasteiger partial charge in [-0.05, 0) is 18.2 Å². The van der Waals surface area contributed by atoms with E-state index in [1.807, 2.05) is 6.07 Å². The van der Waals surface area contributed by atoms with E-state index in [4.69, 9.17) is 5.73 Å². The maximum atomic E-state index is 13.1. The molecule has 7 nitrogen and oxygen atoms in total. The molecule has 29 heavy (non-hydrogen) atoms. The number of hydrogen-bond donors (Lipinski definition) is 2. The molecule has 3 heterocycles. The second kappa shape index (κ2) is 6.85. The van der Waals surface area contributed by atoms with Crippen LogP contribution < -0.4 is 11.1 Å². The molecule has 0 unspecified atom stereocenters. The topological polar surface area (TPSA) is 98.2 Å². The number of alkyl halides is 3. The van der Waals surface area contributed by atoms with Gasteiger partial charge in [0.15, 0.2) is 0 Å². The number of amides is 1. The Labute approximate surface area is 166 Å².